The standard InChI is InChI=1S/C8H16BNO/c1-7(4-9)10-5-8(6-11)2-3-8/h7,10-11H,2-6H2,1H3. The molecule has 1 rings (SSSR count). The zero-order valence-electron chi connectivity index (χ0n) is 7.14. The van der Waals surface area contributed by atoms with E-state index in [2.05, 4.69) is 12.2 Å². The van der Waals surface area contributed by atoms with E-state index >= 15 is 0 Å². The Balaban J connectivity index is 2.11. The van der Waals surface area contributed by atoms with Gasteiger partial charge in [-0.15, -0.1) is 0 Å². The Morgan fingerprint density at radius 3 is 2.64 bits per heavy atom. The van der Waals surface area contributed by atoms with Crippen molar-refractivity contribution in [1.29, 1.82) is 0 Å². The summed E-state index contributed by atoms with van der Waals surface area (Å²) in [5, 5.41) is 12.3. The molecule has 0 aromatic rings. The van der Waals surface area contributed by atoms with Crippen LogP contribution in [-0.4, -0.2) is 32.1 Å². The Hall–Kier alpha value is -0.0151. The first kappa shape index (κ1) is 9.08. The molecule has 0 bridgehead atoms. The summed E-state index contributed by atoms with van der Waals surface area (Å²) in [6.45, 7) is 3.30. The molecule has 0 spiro atoms. The minimum Gasteiger partial charge on any atom is -0.396 e. The van der Waals surface area contributed by atoms with E-state index < -0.39 is 0 Å². The lowest BCUT2D eigenvalue weighted by Crippen LogP contribution is -2.33. The van der Waals surface area contributed by atoms with Crippen molar-refractivity contribution in [1.82, 2.24) is 5.32 Å². The molecule has 0 aromatic heterocycles. The van der Waals surface area contributed by atoms with Crippen LogP contribution in [0.1, 0.15) is 19.8 Å². The number of rotatable bonds is 5. The summed E-state index contributed by atoms with van der Waals surface area (Å²) >= 11 is 0. The van der Waals surface area contributed by atoms with Gasteiger partial charge in [-0.1, -0.05) is 13.2 Å². The van der Waals surface area contributed by atoms with Crippen LogP contribution in [0.3, 0.4) is 0 Å². The van der Waals surface area contributed by atoms with Crippen LogP contribution in [0.15, 0.2) is 0 Å². The molecule has 1 unspecified atom stereocenters. The second kappa shape index (κ2) is 3.59. The molecule has 1 aliphatic carbocycles. The Kier molecular flexibility index (Phi) is 2.96. The molecule has 0 aromatic carbocycles. The van der Waals surface area contributed by atoms with Crippen LogP contribution in [0.4, 0.5) is 0 Å². The van der Waals surface area contributed by atoms with Crippen molar-refractivity contribution in [3.05, 3.63) is 0 Å². The third kappa shape index (κ3) is 2.49. The van der Waals surface area contributed by atoms with Gasteiger partial charge in [0, 0.05) is 18.6 Å². The predicted molar refractivity (Wildman–Crippen MR) is 46.8 cm³/mol. The molecule has 0 aliphatic heterocycles. The lowest BCUT2D eigenvalue weighted by atomic mass is 9.98. The summed E-state index contributed by atoms with van der Waals surface area (Å²) in [6, 6.07) is 0.374. The van der Waals surface area contributed by atoms with Gasteiger partial charge in [0.25, 0.3) is 0 Å². The SMILES string of the molecule is [B]CC(C)NCC1(CO)CC1. The molecule has 1 saturated carbocycles. The van der Waals surface area contributed by atoms with Gasteiger partial charge >= 0.3 is 0 Å². The average molecular weight is 153 g/mol. The minimum atomic E-state index is 0.212. The van der Waals surface area contributed by atoms with Crippen molar-refractivity contribution in [3.63, 3.8) is 0 Å². The van der Waals surface area contributed by atoms with Crippen LogP contribution in [0, 0.1) is 5.41 Å². The maximum atomic E-state index is 8.97. The quantitative estimate of drug-likeness (QED) is 0.557. The number of nitrogens with one attached hydrogen (secondary N) is 1. The first-order valence-electron chi connectivity index (χ1n) is 4.27. The second-order valence-corrected chi connectivity index (χ2v) is 3.68. The molecule has 1 aliphatic rings. The van der Waals surface area contributed by atoms with Gasteiger partial charge < -0.3 is 10.4 Å². The van der Waals surface area contributed by atoms with Gasteiger partial charge in [-0.25, -0.2) is 0 Å². The molecule has 3 heteroatoms. The number of hydrogen-bond acceptors (Lipinski definition) is 2. The molecule has 0 amide bonds. The molecule has 0 saturated heterocycles. The normalized spacial score (nSPS) is 23.1. The summed E-state index contributed by atoms with van der Waals surface area (Å²) in [5.74, 6) is 0. The predicted octanol–water partition coefficient (Wildman–Crippen LogP) is 0.324. The highest BCUT2D eigenvalue weighted by Gasteiger charge is 2.41. The summed E-state index contributed by atoms with van der Waals surface area (Å²) in [6.07, 6.45) is 2.99. The van der Waals surface area contributed by atoms with Crippen LogP contribution >= 0.6 is 0 Å². The topological polar surface area (TPSA) is 32.3 Å². The molecule has 1 fully saturated rings. The summed E-state index contributed by atoms with van der Waals surface area (Å²) < 4.78 is 0. The maximum absolute atomic E-state index is 8.97. The van der Waals surface area contributed by atoms with Gasteiger partial charge in [0.15, 0.2) is 0 Å². The van der Waals surface area contributed by atoms with Crippen LogP contribution in [0.2, 0.25) is 6.32 Å². The Morgan fingerprint density at radius 2 is 2.27 bits per heavy atom. The molecule has 2 N–H and O–H groups in total. The van der Waals surface area contributed by atoms with E-state index in [-0.39, 0.29) is 5.41 Å². The van der Waals surface area contributed by atoms with Crippen LogP contribution in [-0.2, 0) is 0 Å². The van der Waals surface area contributed by atoms with Gasteiger partial charge in [-0.2, -0.15) is 0 Å². The minimum absolute atomic E-state index is 0.212. The van der Waals surface area contributed by atoms with E-state index in [0.29, 0.717) is 19.0 Å². The van der Waals surface area contributed by atoms with E-state index in [1.54, 1.807) is 0 Å². The lowest BCUT2D eigenvalue weighted by Gasteiger charge is -2.16. The molecule has 11 heavy (non-hydrogen) atoms. The Bertz CT molecular complexity index is 125. The number of aliphatic hydroxyl groups excluding tert-OH is 1. The van der Waals surface area contributed by atoms with E-state index in [9.17, 15) is 0 Å². The third-order valence-electron chi connectivity index (χ3n) is 2.47. The van der Waals surface area contributed by atoms with Gasteiger partial charge in [-0.05, 0) is 18.9 Å². The van der Waals surface area contributed by atoms with Crippen molar-refractivity contribution in [2.75, 3.05) is 13.2 Å². The molecule has 1 atom stereocenters. The van der Waals surface area contributed by atoms with Gasteiger partial charge in [-0.3, -0.25) is 0 Å². The van der Waals surface area contributed by atoms with Crippen LogP contribution in [0.25, 0.3) is 0 Å². The number of hydrogen-bond donors (Lipinski definition) is 2. The van der Waals surface area contributed by atoms with Crippen LogP contribution < -0.4 is 5.32 Å². The fourth-order valence-corrected chi connectivity index (χ4v) is 1.04. The van der Waals surface area contributed by atoms with E-state index in [1.165, 1.54) is 0 Å². The third-order valence-corrected chi connectivity index (χ3v) is 2.47. The monoisotopic (exact) mass is 153 g/mol. The molecule has 62 valence electrons. The zero-order valence-corrected chi connectivity index (χ0v) is 7.14. The van der Waals surface area contributed by atoms with Crippen molar-refractivity contribution in [2.24, 2.45) is 5.41 Å². The molecular weight excluding hydrogens is 137 g/mol. The molecular formula is C8H16BNO. The van der Waals surface area contributed by atoms with E-state index in [1.807, 2.05) is 0 Å². The maximum Gasteiger partial charge on any atom is 0.0673 e. The highest BCUT2D eigenvalue weighted by atomic mass is 16.3. The van der Waals surface area contributed by atoms with E-state index in [4.69, 9.17) is 13.0 Å². The van der Waals surface area contributed by atoms with Gasteiger partial charge in [0.05, 0.1) is 7.85 Å². The average Bonchev–Trinajstić information content (AvgIpc) is 2.81. The summed E-state index contributed by atoms with van der Waals surface area (Å²) in [4.78, 5) is 0. The summed E-state index contributed by atoms with van der Waals surface area (Å²) in [5.41, 5.74) is 0.212. The first-order valence-corrected chi connectivity index (χ1v) is 4.27. The Morgan fingerprint density at radius 1 is 1.64 bits per heavy atom. The fourth-order valence-electron chi connectivity index (χ4n) is 1.04. The summed E-state index contributed by atoms with van der Waals surface area (Å²) in [7, 11) is 5.44. The van der Waals surface area contributed by atoms with Crippen LogP contribution in [0.5, 0.6) is 0 Å². The lowest BCUT2D eigenvalue weighted by molar-refractivity contribution is 0.205. The molecule has 2 radical (unpaired) electrons. The van der Waals surface area contributed by atoms with Crippen molar-refractivity contribution < 1.29 is 5.11 Å². The van der Waals surface area contributed by atoms with E-state index in [0.717, 1.165) is 19.4 Å². The van der Waals surface area contributed by atoms with Crippen molar-refractivity contribution in [2.45, 2.75) is 32.1 Å². The van der Waals surface area contributed by atoms with Crippen molar-refractivity contribution in [3.8, 4) is 0 Å². The number of aliphatic hydroxyl groups is 1. The van der Waals surface area contributed by atoms with Gasteiger partial charge in [0.1, 0.15) is 0 Å². The van der Waals surface area contributed by atoms with Crippen molar-refractivity contribution >= 4 is 7.85 Å². The first-order chi connectivity index (χ1) is 5.22. The van der Waals surface area contributed by atoms with Gasteiger partial charge in [0.2, 0.25) is 0 Å². The fraction of sp³-hybridized carbons (Fsp3) is 1.00. The Labute approximate surface area is 69.8 Å². The molecule has 2 nitrogen and oxygen atoms in total. The molecule has 0 heterocycles. The zero-order chi connectivity index (χ0) is 8.32. The smallest absolute Gasteiger partial charge is 0.0673 e. The highest BCUT2D eigenvalue weighted by molar-refractivity contribution is 6.08. The highest BCUT2D eigenvalue weighted by Crippen LogP contribution is 2.44. The largest absolute Gasteiger partial charge is 0.396 e. The second-order valence-electron chi connectivity index (χ2n) is 3.68.